The second kappa shape index (κ2) is 9.11. The van der Waals surface area contributed by atoms with Crippen molar-refractivity contribution in [2.75, 3.05) is 18.1 Å². The Hall–Kier alpha value is -2.24. The molecule has 1 atom stereocenters. The number of carbonyl (C=O) groups excluding carboxylic acids is 2. The lowest BCUT2D eigenvalue weighted by Gasteiger charge is -2.22. The number of benzene rings is 2. The number of hydrogen-bond donors (Lipinski definition) is 0. The molecule has 3 rings (SSSR count). The molecule has 0 spiro atoms. The van der Waals surface area contributed by atoms with Gasteiger partial charge in [0.1, 0.15) is 0 Å². The zero-order chi connectivity index (χ0) is 19.2. The molecule has 2 aromatic carbocycles. The molecular weight excluding hydrogens is 382 g/mol. The fourth-order valence-corrected chi connectivity index (χ4v) is 3.98. The lowest BCUT2D eigenvalue weighted by Crippen LogP contribution is -2.35. The number of hydrogen-bond acceptors (Lipinski definition) is 4. The number of ether oxygens (including phenoxy) is 1. The van der Waals surface area contributed by atoms with Crippen molar-refractivity contribution in [3.63, 3.8) is 0 Å². The molecule has 0 unspecified atom stereocenters. The van der Waals surface area contributed by atoms with Crippen molar-refractivity contribution in [2.45, 2.75) is 23.5 Å². The maximum Gasteiger partial charge on any atom is 0.331 e. The van der Waals surface area contributed by atoms with E-state index in [1.807, 2.05) is 24.3 Å². The van der Waals surface area contributed by atoms with Crippen LogP contribution in [0.1, 0.15) is 18.9 Å². The summed E-state index contributed by atoms with van der Waals surface area (Å²) in [6.07, 6.45) is 3.82. The Labute approximate surface area is 168 Å². The number of thioether (sulfide) groups is 1. The summed E-state index contributed by atoms with van der Waals surface area (Å²) in [6.45, 7) is 2.48. The van der Waals surface area contributed by atoms with Crippen LogP contribution in [0.4, 0.5) is 5.69 Å². The Balaban J connectivity index is 1.60. The number of anilines is 1. The zero-order valence-electron chi connectivity index (χ0n) is 14.9. The van der Waals surface area contributed by atoms with Crippen LogP contribution >= 0.6 is 23.4 Å². The predicted octanol–water partition coefficient (Wildman–Crippen LogP) is 4.81. The fourth-order valence-electron chi connectivity index (χ4n) is 2.74. The first kappa shape index (κ1) is 19.5. The number of amides is 1. The van der Waals surface area contributed by atoms with Gasteiger partial charge in [-0.15, -0.1) is 11.8 Å². The number of para-hydroxylation sites is 1. The number of carbonyl (C=O) groups is 2. The maximum atomic E-state index is 12.6. The van der Waals surface area contributed by atoms with Gasteiger partial charge in [0, 0.05) is 27.8 Å². The lowest BCUT2D eigenvalue weighted by atomic mass is 10.2. The molecule has 6 heteroatoms. The topological polar surface area (TPSA) is 46.6 Å². The highest BCUT2D eigenvalue weighted by atomic mass is 35.5. The molecule has 2 aromatic rings. The van der Waals surface area contributed by atoms with Crippen molar-refractivity contribution in [3.05, 3.63) is 65.2 Å². The minimum absolute atomic E-state index is 0.217. The Kier molecular flexibility index (Phi) is 6.58. The van der Waals surface area contributed by atoms with Gasteiger partial charge in [-0.25, -0.2) is 4.79 Å². The molecule has 0 N–H and O–H groups in total. The average molecular weight is 402 g/mol. The Bertz CT molecular complexity index is 851. The molecule has 0 saturated carbocycles. The van der Waals surface area contributed by atoms with Gasteiger partial charge in [0.25, 0.3) is 5.91 Å². The second-order valence-corrected chi connectivity index (χ2v) is 8.14. The highest BCUT2D eigenvalue weighted by Gasteiger charge is 2.24. The van der Waals surface area contributed by atoms with E-state index in [1.165, 1.54) is 6.08 Å². The van der Waals surface area contributed by atoms with E-state index in [4.69, 9.17) is 16.3 Å². The molecule has 1 aliphatic heterocycles. The van der Waals surface area contributed by atoms with Gasteiger partial charge in [0.2, 0.25) is 0 Å². The van der Waals surface area contributed by atoms with E-state index in [2.05, 4.69) is 6.92 Å². The van der Waals surface area contributed by atoms with Crippen LogP contribution in [0.3, 0.4) is 0 Å². The van der Waals surface area contributed by atoms with E-state index < -0.39 is 5.97 Å². The third-order valence-corrected chi connectivity index (χ3v) is 5.65. The van der Waals surface area contributed by atoms with Crippen molar-refractivity contribution in [3.8, 4) is 0 Å². The molecule has 0 fully saturated rings. The van der Waals surface area contributed by atoms with Crippen LogP contribution in [0.2, 0.25) is 5.02 Å². The number of halogens is 1. The fraction of sp³-hybridized carbons (Fsp3) is 0.238. The van der Waals surface area contributed by atoms with E-state index in [-0.39, 0.29) is 12.5 Å². The monoisotopic (exact) mass is 401 g/mol. The summed E-state index contributed by atoms with van der Waals surface area (Å²) in [5.74, 6) is -0.769. The zero-order valence-corrected chi connectivity index (χ0v) is 16.5. The molecule has 1 amide bonds. The van der Waals surface area contributed by atoms with E-state index in [9.17, 15) is 9.59 Å². The first-order valence-corrected chi connectivity index (χ1v) is 9.95. The largest absolute Gasteiger partial charge is 0.452 e. The molecule has 0 aromatic heterocycles. The van der Waals surface area contributed by atoms with Crippen molar-refractivity contribution in [1.82, 2.24) is 0 Å². The van der Waals surface area contributed by atoms with Gasteiger partial charge >= 0.3 is 5.97 Å². The minimum atomic E-state index is -0.552. The van der Waals surface area contributed by atoms with Gasteiger partial charge in [0.05, 0.1) is 5.69 Å². The van der Waals surface area contributed by atoms with Gasteiger partial charge in [-0.3, -0.25) is 4.79 Å². The summed E-state index contributed by atoms with van der Waals surface area (Å²) in [6, 6.07) is 14.9. The third kappa shape index (κ3) is 5.37. The minimum Gasteiger partial charge on any atom is -0.452 e. The molecule has 1 aliphatic rings. The van der Waals surface area contributed by atoms with Gasteiger partial charge < -0.3 is 9.64 Å². The number of nitrogens with zero attached hydrogens (tertiary/aromatic N) is 1. The van der Waals surface area contributed by atoms with Crippen LogP contribution in [0.15, 0.2) is 59.5 Å². The number of esters is 1. The number of fused-ring (bicyclic) bond motifs is 1. The first-order chi connectivity index (χ1) is 13.0. The maximum absolute atomic E-state index is 12.6. The summed E-state index contributed by atoms with van der Waals surface area (Å²) in [7, 11) is 0. The van der Waals surface area contributed by atoms with Gasteiger partial charge in [-0.05, 0) is 42.3 Å². The Morgan fingerprint density at radius 3 is 2.74 bits per heavy atom. The SMILES string of the molecule is C[C@@H]1CCN(C(=O)COC(=O)/C=C/c2ccc(Cl)cc2)c2ccccc2S1. The average Bonchev–Trinajstić information content (AvgIpc) is 2.84. The molecule has 1 heterocycles. The number of rotatable bonds is 4. The van der Waals surface area contributed by atoms with Gasteiger partial charge in [-0.1, -0.05) is 42.8 Å². The van der Waals surface area contributed by atoms with Crippen molar-refractivity contribution < 1.29 is 14.3 Å². The van der Waals surface area contributed by atoms with Crippen molar-refractivity contribution in [1.29, 1.82) is 0 Å². The van der Waals surface area contributed by atoms with Crippen LogP contribution in [-0.4, -0.2) is 30.3 Å². The van der Waals surface area contributed by atoms with Crippen LogP contribution in [0.25, 0.3) is 6.08 Å². The quantitative estimate of drug-likeness (QED) is 0.544. The highest BCUT2D eigenvalue weighted by Crippen LogP contribution is 2.37. The third-order valence-electron chi connectivity index (χ3n) is 4.16. The normalized spacial score (nSPS) is 16.7. The van der Waals surface area contributed by atoms with E-state index in [0.717, 1.165) is 22.6 Å². The van der Waals surface area contributed by atoms with Gasteiger partial charge in [-0.2, -0.15) is 0 Å². The van der Waals surface area contributed by atoms with Crippen LogP contribution < -0.4 is 4.90 Å². The first-order valence-electron chi connectivity index (χ1n) is 8.69. The molecule has 0 aliphatic carbocycles. The summed E-state index contributed by atoms with van der Waals surface area (Å²) in [4.78, 5) is 27.3. The molecule has 0 saturated heterocycles. The molecule has 4 nitrogen and oxygen atoms in total. The summed E-state index contributed by atoms with van der Waals surface area (Å²) >= 11 is 7.59. The van der Waals surface area contributed by atoms with Gasteiger partial charge in [0.15, 0.2) is 6.61 Å². The van der Waals surface area contributed by atoms with E-state index in [0.29, 0.717) is 16.8 Å². The van der Waals surface area contributed by atoms with Crippen LogP contribution in [0.5, 0.6) is 0 Å². The summed E-state index contributed by atoms with van der Waals surface area (Å²) in [5, 5.41) is 1.05. The highest BCUT2D eigenvalue weighted by molar-refractivity contribution is 8.00. The standard InChI is InChI=1S/C21H20ClNO3S/c1-15-12-13-23(18-4-2-3-5-19(18)27-15)20(24)14-26-21(25)11-8-16-6-9-17(22)10-7-16/h2-11,15H,12-14H2,1H3/b11-8+/t15-/m1/s1. The Morgan fingerprint density at radius 2 is 1.96 bits per heavy atom. The second-order valence-electron chi connectivity index (χ2n) is 6.22. The molecule has 0 bridgehead atoms. The smallest absolute Gasteiger partial charge is 0.331 e. The molecule has 140 valence electrons. The molecular formula is C21H20ClNO3S. The van der Waals surface area contributed by atoms with Crippen molar-refractivity contribution >= 4 is 47.0 Å². The van der Waals surface area contributed by atoms with Crippen LogP contribution in [0, 0.1) is 0 Å². The van der Waals surface area contributed by atoms with Crippen LogP contribution in [-0.2, 0) is 14.3 Å². The van der Waals surface area contributed by atoms with E-state index >= 15 is 0 Å². The van der Waals surface area contributed by atoms with E-state index in [1.54, 1.807) is 47.0 Å². The molecule has 27 heavy (non-hydrogen) atoms. The van der Waals surface area contributed by atoms with Crippen molar-refractivity contribution in [2.24, 2.45) is 0 Å². The molecule has 0 radical (unpaired) electrons. The Morgan fingerprint density at radius 1 is 1.22 bits per heavy atom. The lowest BCUT2D eigenvalue weighted by molar-refractivity contribution is -0.142. The summed E-state index contributed by atoms with van der Waals surface area (Å²) < 4.78 is 5.14. The summed E-state index contributed by atoms with van der Waals surface area (Å²) in [5.41, 5.74) is 1.71. The predicted molar refractivity (Wildman–Crippen MR) is 110 cm³/mol.